The smallest absolute Gasteiger partial charge is 0.340 e. The monoisotopic (exact) mass is 290 g/mol. The highest BCUT2D eigenvalue weighted by atomic mass is 16.5. The van der Waals surface area contributed by atoms with Gasteiger partial charge in [0.2, 0.25) is 0 Å². The molecule has 1 aromatic carbocycles. The molecule has 1 heterocycles. The van der Waals surface area contributed by atoms with Crippen LogP contribution in [0.2, 0.25) is 0 Å². The molecule has 0 radical (unpaired) electrons. The van der Waals surface area contributed by atoms with Crippen LogP contribution >= 0.6 is 0 Å². The summed E-state index contributed by atoms with van der Waals surface area (Å²) in [5.41, 5.74) is 9.27. The number of aryl methyl sites for hydroxylation is 1. The van der Waals surface area contributed by atoms with Crippen LogP contribution in [0.25, 0.3) is 0 Å². The van der Waals surface area contributed by atoms with Crippen LogP contribution in [-0.4, -0.2) is 26.2 Å². The number of hydrogen-bond acceptors (Lipinski definition) is 4. The maximum absolute atomic E-state index is 11.9. The average Bonchev–Trinajstić information content (AvgIpc) is 2.90. The molecule has 0 aromatic heterocycles. The first-order valence-corrected chi connectivity index (χ1v) is 7.47. The van der Waals surface area contributed by atoms with E-state index in [0.717, 1.165) is 24.3 Å². The number of esters is 1. The van der Waals surface area contributed by atoms with Gasteiger partial charge in [-0.05, 0) is 42.4 Å². The molecular formula is C17H26N2O2. The van der Waals surface area contributed by atoms with Gasteiger partial charge < -0.3 is 15.4 Å². The van der Waals surface area contributed by atoms with Crippen LogP contribution in [0, 0.1) is 18.3 Å². The zero-order valence-electron chi connectivity index (χ0n) is 13.7. The lowest BCUT2D eigenvalue weighted by Crippen LogP contribution is -2.26. The first-order valence-electron chi connectivity index (χ1n) is 7.47. The molecule has 116 valence electrons. The molecular weight excluding hydrogens is 264 g/mol. The van der Waals surface area contributed by atoms with Crippen molar-refractivity contribution >= 4 is 17.3 Å². The van der Waals surface area contributed by atoms with E-state index in [4.69, 9.17) is 10.5 Å². The van der Waals surface area contributed by atoms with Crippen LogP contribution in [0.3, 0.4) is 0 Å². The van der Waals surface area contributed by atoms with Crippen molar-refractivity contribution in [2.24, 2.45) is 11.3 Å². The van der Waals surface area contributed by atoms with Crippen molar-refractivity contribution in [3.63, 3.8) is 0 Å². The molecule has 1 atom stereocenters. The van der Waals surface area contributed by atoms with Crippen molar-refractivity contribution in [2.45, 2.75) is 34.1 Å². The summed E-state index contributed by atoms with van der Waals surface area (Å²) in [7, 11) is 1.38. The molecule has 4 nitrogen and oxygen atoms in total. The second kappa shape index (κ2) is 5.58. The molecule has 2 N–H and O–H groups in total. The summed E-state index contributed by atoms with van der Waals surface area (Å²) in [6.45, 7) is 10.8. The fourth-order valence-corrected chi connectivity index (χ4v) is 2.94. The second-order valence-corrected chi connectivity index (χ2v) is 7.01. The van der Waals surface area contributed by atoms with Crippen molar-refractivity contribution in [3.8, 4) is 0 Å². The van der Waals surface area contributed by atoms with Gasteiger partial charge in [-0.3, -0.25) is 0 Å². The highest BCUT2D eigenvalue weighted by Gasteiger charge is 2.32. The number of carbonyl (C=O) groups excluding carboxylic acids is 1. The highest BCUT2D eigenvalue weighted by molar-refractivity contribution is 5.97. The first-order chi connectivity index (χ1) is 9.74. The van der Waals surface area contributed by atoms with Crippen molar-refractivity contribution in [3.05, 3.63) is 23.3 Å². The fourth-order valence-electron chi connectivity index (χ4n) is 2.94. The number of rotatable bonds is 2. The molecule has 0 bridgehead atoms. The molecule has 1 aliphatic rings. The number of methoxy groups -OCH3 is 1. The van der Waals surface area contributed by atoms with Gasteiger partial charge in [0.05, 0.1) is 12.7 Å². The highest BCUT2D eigenvalue weighted by Crippen LogP contribution is 2.36. The zero-order valence-corrected chi connectivity index (χ0v) is 13.7. The van der Waals surface area contributed by atoms with Crippen molar-refractivity contribution in [1.82, 2.24) is 0 Å². The van der Waals surface area contributed by atoms with Gasteiger partial charge in [0.15, 0.2) is 0 Å². The number of anilines is 2. The molecule has 21 heavy (non-hydrogen) atoms. The van der Waals surface area contributed by atoms with E-state index < -0.39 is 0 Å². The van der Waals surface area contributed by atoms with Crippen LogP contribution in [0.15, 0.2) is 12.1 Å². The molecule has 0 spiro atoms. The molecule has 1 aliphatic heterocycles. The Labute approximate surface area is 127 Å². The van der Waals surface area contributed by atoms with Gasteiger partial charge in [-0.25, -0.2) is 4.79 Å². The first kappa shape index (κ1) is 15.7. The third-order valence-electron chi connectivity index (χ3n) is 4.56. The minimum absolute atomic E-state index is 0.308. The van der Waals surface area contributed by atoms with Crippen molar-refractivity contribution < 1.29 is 9.53 Å². The number of carbonyl (C=O) groups is 1. The van der Waals surface area contributed by atoms with Gasteiger partial charge in [-0.15, -0.1) is 0 Å². The third kappa shape index (κ3) is 3.14. The number of nitrogens with zero attached hydrogens (tertiary/aromatic N) is 1. The van der Waals surface area contributed by atoms with Gasteiger partial charge in [-0.1, -0.05) is 20.8 Å². The van der Waals surface area contributed by atoms with Gasteiger partial charge >= 0.3 is 5.97 Å². The molecule has 0 saturated carbocycles. The van der Waals surface area contributed by atoms with E-state index in [2.05, 4.69) is 31.7 Å². The van der Waals surface area contributed by atoms with E-state index in [-0.39, 0.29) is 5.97 Å². The number of benzene rings is 1. The third-order valence-corrected chi connectivity index (χ3v) is 4.56. The normalized spacial score (nSPS) is 18.9. The summed E-state index contributed by atoms with van der Waals surface area (Å²) in [4.78, 5) is 14.2. The number of hydrogen-bond donors (Lipinski definition) is 1. The summed E-state index contributed by atoms with van der Waals surface area (Å²) >= 11 is 0. The van der Waals surface area contributed by atoms with Crippen molar-refractivity contribution in [2.75, 3.05) is 30.8 Å². The predicted octanol–water partition coefficient (Wildman–Crippen LogP) is 3.24. The standard InChI is InChI=1S/C17H26N2O2/c1-11-8-13(9-14(15(11)18)16(20)21-5)19-7-6-12(10-19)17(2,3)4/h8-9,12H,6-7,10,18H2,1-5H3. The van der Waals surface area contributed by atoms with Crippen molar-refractivity contribution in [1.29, 1.82) is 0 Å². The summed E-state index contributed by atoms with van der Waals surface area (Å²) in [6.07, 6.45) is 1.18. The lowest BCUT2D eigenvalue weighted by Gasteiger charge is -2.28. The zero-order chi connectivity index (χ0) is 15.8. The maximum Gasteiger partial charge on any atom is 0.340 e. The van der Waals surface area contributed by atoms with Crippen LogP contribution in [-0.2, 0) is 4.74 Å². The topological polar surface area (TPSA) is 55.6 Å². The molecule has 1 unspecified atom stereocenters. The molecule has 1 fully saturated rings. The number of nitrogens with two attached hydrogens (primary N) is 1. The van der Waals surface area contributed by atoms with E-state index in [1.165, 1.54) is 13.5 Å². The molecule has 1 aromatic rings. The fraction of sp³-hybridized carbons (Fsp3) is 0.588. The Balaban J connectivity index is 2.30. The summed E-state index contributed by atoms with van der Waals surface area (Å²) in [5, 5.41) is 0. The Morgan fingerprint density at radius 2 is 2.05 bits per heavy atom. The Kier molecular flexibility index (Phi) is 4.17. The molecule has 2 rings (SSSR count). The summed E-state index contributed by atoms with van der Waals surface area (Å²) < 4.78 is 4.83. The Morgan fingerprint density at radius 3 is 2.57 bits per heavy atom. The second-order valence-electron chi connectivity index (χ2n) is 7.01. The van der Waals surface area contributed by atoms with Crippen LogP contribution in [0.4, 0.5) is 11.4 Å². The van der Waals surface area contributed by atoms with E-state index in [1.54, 1.807) is 0 Å². The largest absolute Gasteiger partial charge is 0.465 e. The Morgan fingerprint density at radius 1 is 1.38 bits per heavy atom. The van der Waals surface area contributed by atoms with Gasteiger partial charge in [-0.2, -0.15) is 0 Å². The Bertz CT molecular complexity index is 546. The van der Waals surface area contributed by atoms with E-state index in [0.29, 0.717) is 22.6 Å². The van der Waals surface area contributed by atoms with E-state index in [9.17, 15) is 4.79 Å². The minimum Gasteiger partial charge on any atom is -0.465 e. The molecule has 4 heteroatoms. The lowest BCUT2D eigenvalue weighted by atomic mass is 9.80. The van der Waals surface area contributed by atoms with E-state index in [1.807, 2.05) is 13.0 Å². The average molecular weight is 290 g/mol. The molecule has 0 amide bonds. The maximum atomic E-state index is 11.9. The van der Waals surface area contributed by atoms with Gasteiger partial charge in [0.1, 0.15) is 0 Å². The predicted molar refractivity (Wildman–Crippen MR) is 86.7 cm³/mol. The summed E-state index contributed by atoms with van der Waals surface area (Å²) in [5.74, 6) is 0.293. The van der Waals surface area contributed by atoms with E-state index >= 15 is 0 Å². The summed E-state index contributed by atoms with van der Waals surface area (Å²) in [6, 6.07) is 3.92. The molecule has 1 saturated heterocycles. The number of ether oxygens (including phenoxy) is 1. The van der Waals surface area contributed by atoms with Crippen LogP contribution in [0.5, 0.6) is 0 Å². The van der Waals surface area contributed by atoms with Crippen LogP contribution < -0.4 is 10.6 Å². The minimum atomic E-state index is -0.371. The van der Waals surface area contributed by atoms with Crippen LogP contribution in [0.1, 0.15) is 43.1 Å². The lowest BCUT2D eigenvalue weighted by molar-refractivity contribution is 0.0602. The van der Waals surface area contributed by atoms with Gasteiger partial charge in [0.25, 0.3) is 0 Å². The number of nitrogen functional groups attached to an aromatic ring is 1. The molecule has 0 aliphatic carbocycles. The quantitative estimate of drug-likeness (QED) is 0.671. The van der Waals surface area contributed by atoms with Gasteiger partial charge in [0, 0.05) is 24.5 Å². The SMILES string of the molecule is COC(=O)c1cc(N2CCC(C(C)(C)C)C2)cc(C)c1N. The Hall–Kier alpha value is -1.71.